The highest BCUT2D eigenvalue weighted by Gasteiger charge is 2.22. The van der Waals surface area contributed by atoms with E-state index >= 15 is 0 Å². The maximum Gasteiger partial charge on any atom is 0.0951 e. The molecule has 1 atom stereocenters. The zero-order valence-electron chi connectivity index (χ0n) is 10.8. The Morgan fingerprint density at radius 1 is 1.53 bits per heavy atom. The van der Waals surface area contributed by atoms with E-state index < -0.39 is 0 Å². The number of imidazole rings is 1. The Bertz CT molecular complexity index is 348. The van der Waals surface area contributed by atoms with Crippen LogP contribution in [0.5, 0.6) is 0 Å². The molecule has 17 heavy (non-hydrogen) atoms. The summed E-state index contributed by atoms with van der Waals surface area (Å²) in [6.45, 7) is 7.94. The van der Waals surface area contributed by atoms with Crippen molar-refractivity contribution in [3.63, 3.8) is 0 Å². The predicted octanol–water partition coefficient (Wildman–Crippen LogP) is 1.67. The maximum absolute atomic E-state index is 8.95. The molecular formula is C13H23N3O. The van der Waals surface area contributed by atoms with Gasteiger partial charge in [-0.05, 0) is 39.2 Å². The molecule has 96 valence electrons. The van der Waals surface area contributed by atoms with Crippen LogP contribution in [-0.2, 0) is 6.54 Å². The Labute approximate surface area is 103 Å². The highest BCUT2D eigenvalue weighted by Crippen LogP contribution is 2.21. The SMILES string of the molecule is CC(C)n1cncc1CN1CCC(CCO)C1. The molecule has 2 rings (SSSR count). The molecule has 0 aliphatic carbocycles. The number of aromatic nitrogens is 2. The van der Waals surface area contributed by atoms with E-state index in [0.717, 1.165) is 26.1 Å². The standard InChI is InChI=1S/C13H23N3O/c1-11(2)16-10-14-7-13(16)9-15-5-3-12(8-15)4-6-17/h7,10-12,17H,3-6,8-9H2,1-2H3. The molecule has 0 aromatic carbocycles. The van der Waals surface area contributed by atoms with Gasteiger partial charge in [0.25, 0.3) is 0 Å². The summed E-state index contributed by atoms with van der Waals surface area (Å²) in [5.41, 5.74) is 1.30. The van der Waals surface area contributed by atoms with Gasteiger partial charge < -0.3 is 9.67 Å². The summed E-state index contributed by atoms with van der Waals surface area (Å²) in [5.74, 6) is 0.676. The van der Waals surface area contributed by atoms with Crippen molar-refractivity contribution < 1.29 is 5.11 Å². The van der Waals surface area contributed by atoms with E-state index in [0.29, 0.717) is 18.6 Å². The molecule has 2 heterocycles. The first kappa shape index (κ1) is 12.6. The summed E-state index contributed by atoms with van der Waals surface area (Å²) >= 11 is 0. The predicted molar refractivity (Wildman–Crippen MR) is 67.7 cm³/mol. The molecule has 1 aromatic rings. The van der Waals surface area contributed by atoms with Crippen LogP contribution in [0.3, 0.4) is 0 Å². The van der Waals surface area contributed by atoms with Crippen molar-refractivity contribution >= 4 is 0 Å². The van der Waals surface area contributed by atoms with Crippen molar-refractivity contribution in [3.05, 3.63) is 18.2 Å². The number of aliphatic hydroxyl groups excluding tert-OH is 1. The van der Waals surface area contributed by atoms with E-state index in [-0.39, 0.29) is 0 Å². The highest BCUT2D eigenvalue weighted by molar-refractivity contribution is 5.00. The molecule has 4 heteroatoms. The van der Waals surface area contributed by atoms with Crippen molar-refractivity contribution in [1.29, 1.82) is 0 Å². The topological polar surface area (TPSA) is 41.3 Å². The van der Waals surface area contributed by atoms with E-state index in [2.05, 4.69) is 28.3 Å². The van der Waals surface area contributed by atoms with E-state index in [1.54, 1.807) is 0 Å². The number of hydrogen-bond donors (Lipinski definition) is 1. The van der Waals surface area contributed by atoms with Gasteiger partial charge in [0.2, 0.25) is 0 Å². The molecule has 1 saturated heterocycles. The van der Waals surface area contributed by atoms with E-state index in [4.69, 9.17) is 5.11 Å². The summed E-state index contributed by atoms with van der Waals surface area (Å²) in [4.78, 5) is 6.71. The second kappa shape index (κ2) is 5.65. The van der Waals surface area contributed by atoms with Crippen molar-refractivity contribution in [1.82, 2.24) is 14.5 Å². The molecule has 0 saturated carbocycles. The lowest BCUT2D eigenvalue weighted by Gasteiger charge is -2.18. The largest absolute Gasteiger partial charge is 0.396 e. The normalized spacial score (nSPS) is 21.5. The minimum atomic E-state index is 0.322. The van der Waals surface area contributed by atoms with Crippen molar-refractivity contribution in [2.75, 3.05) is 19.7 Å². The van der Waals surface area contributed by atoms with Crippen LogP contribution in [0, 0.1) is 5.92 Å². The lowest BCUT2D eigenvalue weighted by atomic mass is 10.1. The average molecular weight is 237 g/mol. The molecule has 1 aliphatic rings. The fraction of sp³-hybridized carbons (Fsp3) is 0.769. The van der Waals surface area contributed by atoms with Gasteiger partial charge >= 0.3 is 0 Å². The van der Waals surface area contributed by atoms with E-state index in [9.17, 15) is 0 Å². The van der Waals surface area contributed by atoms with Gasteiger partial charge in [0.15, 0.2) is 0 Å². The van der Waals surface area contributed by atoms with Gasteiger partial charge in [0.05, 0.1) is 12.0 Å². The lowest BCUT2D eigenvalue weighted by Crippen LogP contribution is -2.22. The Hall–Kier alpha value is -0.870. The fourth-order valence-corrected chi connectivity index (χ4v) is 2.62. The molecular weight excluding hydrogens is 214 g/mol. The first-order valence-electron chi connectivity index (χ1n) is 6.54. The molecule has 0 amide bonds. The summed E-state index contributed by atoms with van der Waals surface area (Å²) < 4.78 is 2.24. The first-order valence-corrected chi connectivity index (χ1v) is 6.54. The fourth-order valence-electron chi connectivity index (χ4n) is 2.62. The zero-order valence-corrected chi connectivity index (χ0v) is 10.8. The average Bonchev–Trinajstić information content (AvgIpc) is 2.89. The van der Waals surface area contributed by atoms with Crippen molar-refractivity contribution in [2.45, 2.75) is 39.3 Å². The lowest BCUT2D eigenvalue weighted by molar-refractivity contribution is 0.248. The molecule has 1 unspecified atom stereocenters. The molecule has 1 fully saturated rings. The number of aliphatic hydroxyl groups is 1. The minimum absolute atomic E-state index is 0.322. The van der Waals surface area contributed by atoms with E-state index in [1.165, 1.54) is 12.1 Å². The molecule has 0 bridgehead atoms. The number of likely N-dealkylation sites (tertiary alicyclic amines) is 1. The Morgan fingerprint density at radius 2 is 2.35 bits per heavy atom. The quantitative estimate of drug-likeness (QED) is 0.847. The number of rotatable bonds is 5. The number of hydrogen-bond acceptors (Lipinski definition) is 3. The van der Waals surface area contributed by atoms with Gasteiger partial charge in [-0.1, -0.05) is 0 Å². The van der Waals surface area contributed by atoms with Gasteiger partial charge in [-0.25, -0.2) is 4.98 Å². The Morgan fingerprint density at radius 3 is 3.06 bits per heavy atom. The second-order valence-corrected chi connectivity index (χ2v) is 5.29. The van der Waals surface area contributed by atoms with Crippen LogP contribution in [-0.4, -0.2) is 39.3 Å². The van der Waals surface area contributed by atoms with Crippen LogP contribution in [0.1, 0.15) is 38.4 Å². The third-order valence-corrected chi connectivity index (χ3v) is 3.60. The second-order valence-electron chi connectivity index (χ2n) is 5.29. The van der Waals surface area contributed by atoms with Crippen LogP contribution in [0.4, 0.5) is 0 Å². The molecule has 0 spiro atoms. The van der Waals surface area contributed by atoms with Crippen LogP contribution < -0.4 is 0 Å². The third kappa shape index (κ3) is 3.07. The molecule has 4 nitrogen and oxygen atoms in total. The van der Waals surface area contributed by atoms with E-state index in [1.807, 2.05) is 12.5 Å². The highest BCUT2D eigenvalue weighted by atomic mass is 16.3. The van der Waals surface area contributed by atoms with Gasteiger partial charge in [0, 0.05) is 31.9 Å². The Kier molecular flexibility index (Phi) is 4.18. The van der Waals surface area contributed by atoms with Crippen molar-refractivity contribution in [3.8, 4) is 0 Å². The smallest absolute Gasteiger partial charge is 0.0951 e. The zero-order chi connectivity index (χ0) is 12.3. The summed E-state index contributed by atoms with van der Waals surface area (Å²) in [5, 5.41) is 8.95. The molecule has 0 radical (unpaired) electrons. The van der Waals surface area contributed by atoms with Crippen LogP contribution in [0.15, 0.2) is 12.5 Å². The van der Waals surface area contributed by atoms with Gasteiger partial charge in [0.1, 0.15) is 0 Å². The van der Waals surface area contributed by atoms with Crippen LogP contribution in [0.25, 0.3) is 0 Å². The Balaban J connectivity index is 1.91. The van der Waals surface area contributed by atoms with Crippen LogP contribution in [0.2, 0.25) is 0 Å². The van der Waals surface area contributed by atoms with Crippen molar-refractivity contribution in [2.24, 2.45) is 5.92 Å². The van der Waals surface area contributed by atoms with Gasteiger partial charge in [-0.15, -0.1) is 0 Å². The van der Waals surface area contributed by atoms with Gasteiger partial charge in [-0.3, -0.25) is 4.90 Å². The maximum atomic E-state index is 8.95. The third-order valence-electron chi connectivity index (χ3n) is 3.60. The summed E-state index contributed by atoms with van der Waals surface area (Å²) in [6.07, 6.45) is 6.05. The molecule has 1 aliphatic heterocycles. The number of nitrogens with zero attached hydrogens (tertiary/aromatic N) is 3. The van der Waals surface area contributed by atoms with Gasteiger partial charge in [-0.2, -0.15) is 0 Å². The van der Waals surface area contributed by atoms with Crippen LogP contribution >= 0.6 is 0 Å². The molecule has 1 aromatic heterocycles. The first-order chi connectivity index (χ1) is 8.20. The minimum Gasteiger partial charge on any atom is -0.396 e. The summed E-state index contributed by atoms with van der Waals surface area (Å²) in [7, 11) is 0. The molecule has 1 N–H and O–H groups in total. The monoisotopic (exact) mass is 237 g/mol. The summed E-state index contributed by atoms with van der Waals surface area (Å²) in [6, 6.07) is 0.475.